The number of carbonyl (C=O) groups is 3. The molecule has 10 nitrogen and oxygen atoms in total. The fourth-order valence-corrected chi connectivity index (χ4v) is 4.53. The van der Waals surface area contributed by atoms with Crippen LogP contribution in [-0.4, -0.2) is 53.3 Å². The zero-order valence-corrected chi connectivity index (χ0v) is 21.5. The Morgan fingerprint density at radius 3 is 2.03 bits per heavy atom. The van der Waals surface area contributed by atoms with Crippen molar-refractivity contribution in [3.05, 3.63) is 58.0 Å². The lowest BCUT2D eigenvalue weighted by Gasteiger charge is -2.14. The van der Waals surface area contributed by atoms with Crippen LogP contribution in [0.4, 0.5) is 10.7 Å². The molecule has 3 aromatic rings. The largest absolute Gasteiger partial charge is 0.497 e. The predicted octanol–water partition coefficient (Wildman–Crippen LogP) is 4.38. The van der Waals surface area contributed by atoms with E-state index in [0.29, 0.717) is 22.7 Å². The first kappa shape index (κ1) is 26.4. The van der Waals surface area contributed by atoms with E-state index in [1.807, 2.05) is 0 Å². The van der Waals surface area contributed by atoms with Crippen LogP contribution < -0.4 is 29.6 Å². The van der Waals surface area contributed by atoms with Crippen LogP contribution in [0.1, 0.15) is 36.0 Å². The van der Waals surface area contributed by atoms with Crippen LogP contribution in [0, 0.1) is 6.92 Å². The highest BCUT2D eigenvalue weighted by Crippen LogP contribution is 2.39. The van der Waals surface area contributed by atoms with Gasteiger partial charge in [0.2, 0.25) is 5.75 Å². The van der Waals surface area contributed by atoms with Crippen LogP contribution in [0.5, 0.6) is 23.0 Å². The Morgan fingerprint density at radius 2 is 1.47 bits per heavy atom. The lowest BCUT2D eigenvalue weighted by Crippen LogP contribution is -2.15. The topological polar surface area (TPSA) is 121 Å². The van der Waals surface area contributed by atoms with Crippen molar-refractivity contribution < 1.29 is 38.1 Å². The maximum Gasteiger partial charge on any atom is 0.341 e. The van der Waals surface area contributed by atoms with Gasteiger partial charge in [0.1, 0.15) is 10.8 Å². The van der Waals surface area contributed by atoms with E-state index in [1.165, 1.54) is 47.7 Å². The Balaban J connectivity index is 1.97. The van der Waals surface area contributed by atoms with Gasteiger partial charge in [-0.3, -0.25) is 9.59 Å². The zero-order chi connectivity index (χ0) is 26.4. The molecule has 3 rings (SSSR count). The van der Waals surface area contributed by atoms with Crippen LogP contribution >= 0.6 is 11.3 Å². The Labute approximate surface area is 212 Å². The normalized spacial score (nSPS) is 10.3. The lowest BCUT2D eigenvalue weighted by atomic mass is 10.1. The summed E-state index contributed by atoms with van der Waals surface area (Å²) in [4.78, 5) is 39.0. The Hall–Kier alpha value is -4.25. The monoisotopic (exact) mass is 514 g/mol. The maximum atomic E-state index is 13.1. The lowest BCUT2D eigenvalue weighted by molar-refractivity contribution is 0.0601. The molecular weight excluding hydrogens is 488 g/mol. The average molecular weight is 515 g/mol. The molecule has 0 aliphatic heterocycles. The van der Waals surface area contributed by atoms with Crippen LogP contribution in [0.25, 0.3) is 0 Å². The van der Waals surface area contributed by atoms with Gasteiger partial charge in [-0.1, -0.05) is 6.07 Å². The smallest absolute Gasteiger partial charge is 0.341 e. The third-order valence-corrected chi connectivity index (χ3v) is 6.43. The van der Waals surface area contributed by atoms with Gasteiger partial charge < -0.3 is 34.3 Å². The first-order valence-corrected chi connectivity index (χ1v) is 11.4. The number of rotatable bonds is 9. The summed E-state index contributed by atoms with van der Waals surface area (Å²) in [5, 5.41) is 5.65. The molecule has 0 aliphatic rings. The molecular formula is C25H26N2O8S. The number of anilines is 2. The summed E-state index contributed by atoms with van der Waals surface area (Å²) in [6.45, 7) is 1.61. The number of methoxy groups -OCH3 is 5. The van der Waals surface area contributed by atoms with Crippen LogP contribution in [-0.2, 0) is 4.74 Å². The molecule has 0 spiro atoms. The number of carbonyl (C=O) groups excluding carboxylic acids is 3. The van der Waals surface area contributed by atoms with Gasteiger partial charge in [-0.25, -0.2) is 4.79 Å². The van der Waals surface area contributed by atoms with E-state index in [1.54, 1.807) is 31.2 Å². The van der Waals surface area contributed by atoms with Crippen molar-refractivity contribution in [2.45, 2.75) is 6.92 Å². The van der Waals surface area contributed by atoms with E-state index < -0.39 is 17.8 Å². The summed E-state index contributed by atoms with van der Waals surface area (Å²) in [6.07, 6.45) is 0. The van der Waals surface area contributed by atoms with E-state index in [9.17, 15) is 14.4 Å². The molecule has 190 valence electrons. The Kier molecular flexibility index (Phi) is 8.38. The predicted molar refractivity (Wildman–Crippen MR) is 135 cm³/mol. The average Bonchev–Trinajstić information content (AvgIpc) is 3.22. The molecule has 0 saturated heterocycles. The van der Waals surface area contributed by atoms with Gasteiger partial charge in [-0.05, 0) is 36.8 Å². The van der Waals surface area contributed by atoms with E-state index in [-0.39, 0.29) is 32.5 Å². The Morgan fingerprint density at radius 1 is 0.806 bits per heavy atom. The van der Waals surface area contributed by atoms with Crippen molar-refractivity contribution >= 4 is 39.8 Å². The van der Waals surface area contributed by atoms with E-state index >= 15 is 0 Å². The highest BCUT2D eigenvalue weighted by Gasteiger charge is 2.27. The molecule has 0 bridgehead atoms. The highest BCUT2D eigenvalue weighted by atomic mass is 32.1. The SMILES string of the molecule is COC(=O)c1c(NC(=O)c2cc(OC)c(OC)c(OC)c2)sc(C(=O)Nc2cccc(OC)c2)c1C. The summed E-state index contributed by atoms with van der Waals surface area (Å²) in [7, 11) is 7.07. The minimum Gasteiger partial charge on any atom is -0.497 e. The fraction of sp³-hybridized carbons (Fsp3) is 0.240. The second-order valence-electron chi connectivity index (χ2n) is 7.31. The molecule has 0 atom stereocenters. The highest BCUT2D eigenvalue weighted by molar-refractivity contribution is 7.19. The second-order valence-corrected chi connectivity index (χ2v) is 8.33. The van der Waals surface area contributed by atoms with Gasteiger partial charge in [0.25, 0.3) is 11.8 Å². The number of ether oxygens (including phenoxy) is 5. The molecule has 0 saturated carbocycles. The standard InChI is InChI=1S/C25H26N2O8S/c1-13-19(25(30)35-6)24(36-21(13)23(29)26-15-8-7-9-16(12-15)31-2)27-22(28)14-10-17(32-3)20(34-5)18(11-14)33-4/h7-12H,1-6H3,(H,26,29)(H,27,28). The molecule has 2 amide bonds. The second kappa shape index (κ2) is 11.5. The number of amides is 2. The zero-order valence-electron chi connectivity index (χ0n) is 20.6. The molecule has 0 fully saturated rings. The van der Waals surface area contributed by atoms with Crippen molar-refractivity contribution in [2.75, 3.05) is 46.2 Å². The van der Waals surface area contributed by atoms with Crippen LogP contribution in [0.2, 0.25) is 0 Å². The molecule has 1 heterocycles. The number of hydrogen-bond donors (Lipinski definition) is 2. The van der Waals surface area contributed by atoms with Crippen molar-refractivity contribution in [2.24, 2.45) is 0 Å². The first-order chi connectivity index (χ1) is 17.3. The molecule has 2 N–H and O–H groups in total. The van der Waals surface area contributed by atoms with Gasteiger partial charge in [0, 0.05) is 17.3 Å². The summed E-state index contributed by atoms with van der Waals surface area (Å²) in [6, 6.07) is 9.81. The van der Waals surface area contributed by atoms with Gasteiger partial charge >= 0.3 is 5.97 Å². The molecule has 0 radical (unpaired) electrons. The molecule has 0 aliphatic carbocycles. The van der Waals surface area contributed by atoms with Crippen molar-refractivity contribution in [1.82, 2.24) is 0 Å². The maximum absolute atomic E-state index is 13.1. The van der Waals surface area contributed by atoms with Gasteiger partial charge in [0.05, 0.1) is 46.0 Å². The summed E-state index contributed by atoms with van der Waals surface area (Å²) >= 11 is 0.954. The van der Waals surface area contributed by atoms with Crippen molar-refractivity contribution in [3.8, 4) is 23.0 Å². The number of nitrogens with one attached hydrogen (secondary N) is 2. The molecule has 2 aromatic carbocycles. The van der Waals surface area contributed by atoms with Crippen LogP contribution in [0.15, 0.2) is 36.4 Å². The van der Waals surface area contributed by atoms with Gasteiger partial charge in [0.15, 0.2) is 11.5 Å². The molecule has 1 aromatic heterocycles. The fourth-order valence-electron chi connectivity index (χ4n) is 3.44. The quantitative estimate of drug-likeness (QED) is 0.404. The number of benzene rings is 2. The minimum atomic E-state index is -0.690. The third-order valence-electron chi connectivity index (χ3n) is 5.22. The van der Waals surface area contributed by atoms with E-state index in [4.69, 9.17) is 23.7 Å². The molecule has 0 unspecified atom stereocenters. The number of hydrogen-bond acceptors (Lipinski definition) is 9. The van der Waals surface area contributed by atoms with E-state index in [2.05, 4.69) is 10.6 Å². The summed E-state index contributed by atoms with van der Waals surface area (Å²) in [5.74, 6) is -0.222. The summed E-state index contributed by atoms with van der Waals surface area (Å²) in [5.41, 5.74) is 1.15. The van der Waals surface area contributed by atoms with Gasteiger partial charge in [-0.2, -0.15) is 0 Å². The number of esters is 1. The Bertz CT molecular complexity index is 1280. The first-order valence-electron chi connectivity index (χ1n) is 10.6. The van der Waals surface area contributed by atoms with E-state index in [0.717, 1.165) is 11.3 Å². The summed E-state index contributed by atoms with van der Waals surface area (Å²) < 4.78 is 26.0. The number of thiophene rings is 1. The molecule has 11 heteroatoms. The van der Waals surface area contributed by atoms with Crippen molar-refractivity contribution in [3.63, 3.8) is 0 Å². The van der Waals surface area contributed by atoms with Crippen molar-refractivity contribution in [1.29, 1.82) is 0 Å². The van der Waals surface area contributed by atoms with Gasteiger partial charge in [-0.15, -0.1) is 11.3 Å². The molecule has 36 heavy (non-hydrogen) atoms. The van der Waals surface area contributed by atoms with Crippen LogP contribution in [0.3, 0.4) is 0 Å². The minimum absolute atomic E-state index is 0.0825. The third kappa shape index (κ3) is 5.36.